The van der Waals surface area contributed by atoms with Gasteiger partial charge in [0.2, 0.25) is 5.78 Å². The topological polar surface area (TPSA) is 37.3 Å². The van der Waals surface area contributed by atoms with Crippen LogP contribution in [0.15, 0.2) is 0 Å². The van der Waals surface area contributed by atoms with Gasteiger partial charge >= 0.3 is 0 Å². The number of aliphatic hydroxyl groups excluding tert-OH is 1. The zero-order valence-corrected chi connectivity index (χ0v) is 16.4. The summed E-state index contributed by atoms with van der Waals surface area (Å²) < 4.78 is 0. The molecule has 138 valence electrons. The first-order valence-electron chi connectivity index (χ1n) is 9.80. The predicted molar refractivity (Wildman–Crippen MR) is 105 cm³/mol. The third-order valence-corrected chi connectivity index (χ3v) is 3.40. The number of carbonyl (C=O) groups excluding carboxylic acids is 1. The van der Waals surface area contributed by atoms with Gasteiger partial charge in [0.15, 0.2) is 0 Å². The van der Waals surface area contributed by atoms with Crippen LogP contribution in [0.5, 0.6) is 0 Å². The van der Waals surface area contributed by atoms with E-state index in [1.54, 1.807) is 0 Å². The largest absolute Gasteiger partial charge is 0.380 e. The second-order valence-corrected chi connectivity index (χ2v) is 6.01. The van der Waals surface area contributed by atoms with Crippen LogP contribution in [0, 0.1) is 23.7 Å². The average Bonchev–Trinajstić information content (AvgIpc) is 2.59. The molecule has 0 rings (SSSR count). The van der Waals surface area contributed by atoms with Crippen LogP contribution in [0.2, 0.25) is 0 Å². The lowest BCUT2D eigenvalue weighted by atomic mass is 10.1. The Hall–Kier alpha value is -1.25. The third-order valence-electron chi connectivity index (χ3n) is 3.40. The molecule has 0 amide bonds. The van der Waals surface area contributed by atoms with Gasteiger partial charge in [-0.15, -0.1) is 5.92 Å². The van der Waals surface area contributed by atoms with E-state index in [4.69, 9.17) is 0 Å². The highest BCUT2D eigenvalue weighted by atomic mass is 16.3. The van der Waals surface area contributed by atoms with Crippen LogP contribution < -0.4 is 0 Å². The standard InChI is InChI=1S/C11H20O.C11H18O/c2*1-3-5-7-8-10-11(12)9-6-4-2/h11-12H,3-7,9H2,1-2H3;3-7,9H2,1-2H3. The fourth-order valence-electron chi connectivity index (χ4n) is 1.75. The molecule has 0 aliphatic carbocycles. The lowest BCUT2D eigenvalue weighted by Gasteiger charge is -1.99. The van der Waals surface area contributed by atoms with Gasteiger partial charge in [-0.05, 0) is 31.6 Å². The Bertz CT molecular complexity index is 390. The summed E-state index contributed by atoms with van der Waals surface area (Å²) in [5.74, 6) is 11.5. The van der Waals surface area contributed by atoms with E-state index < -0.39 is 0 Å². The summed E-state index contributed by atoms with van der Waals surface area (Å²) in [4.78, 5) is 11.0. The molecule has 1 atom stereocenters. The number of Topliss-reactive ketones (excluding diaryl/α,β-unsaturated/α-hetero) is 1. The number of rotatable bonds is 10. The van der Waals surface area contributed by atoms with Gasteiger partial charge in [0.1, 0.15) is 6.10 Å². The molecule has 0 aliphatic heterocycles. The third kappa shape index (κ3) is 23.0. The van der Waals surface area contributed by atoms with Crippen molar-refractivity contribution >= 4 is 5.78 Å². The van der Waals surface area contributed by atoms with E-state index >= 15 is 0 Å². The first-order valence-corrected chi connectivity index (χ1v) is 9.80. The van der Waals surface area contributed by atoms with E-state index in [9.17, 15) is 9.90 Å². The molecule has 0 spiro atoms. The maximum Gasteiger partial charge on any atom is 0.205 e. The smallest absolute Gasteiger partial charge is 0.205 e. The van der Waals surface area contributed by atoms with E-state index in [0.717, 1.165) is 64.2 Å². The summed E-state index contributed by atoms with van der Waals surface area (Å²) in [6, 6.07) is 0. The molecular formula is C22H38O2. The molecule has 2 nitrogen and oxygen atoms in total. The van der Waals surface area contributed by atoms with Crippen LogP contribution in [-0.2, 0) is 4.79 Å². The monoisotopic (exact) mass is 334 g/mol. The number of hydrogen-bond acceptors (Lipinski definition) is 2. The molecule has 2 heteroatoms. The highest BCUT2D eigenvalue weighted by Gasteiger charge is 1.95. The van der Waals surface area contributed by atoms with Gasteiger partial charge in [0.05, 0.1) is 0 Å². The molecule has 0 fully saturated rings. The number of aliphatic hydroxyl groups is 1. The van der Waals surface area contributed by atoms with Gasteiger partial charge in [-0.25, -0.2) is 0 Å². The Morgan fingerprint density at radius 1 is 0.833 bits per heavy atom. The maximum absolute atomic E-state index is 11.0. The summed E-state index contributed by atoms with van der Waals surface area (Å²) in [6.07, 6.45) is 11.7. The molecular weight excluding hydrogens is 296 g/mol. The van der Waals surface area contributed by atoms with Gasteiger partial charge in [-0.2, -0.15) is 0 Å². The van der Waals surface area contributed by atoms with Crippen molar-refractivity contribution in [3.8, 4) is 23.7 Å². The molecule has 0 aromatic rings. The predicted octanol–water partition coefficient (Wildman–Crippen LogP) is 5.67. The zero-order chi connectivity index (χ0) is 18.5. The van der Waals surface area contributed by atoms with Gasteiger partial charge in [0.25, 0.3) is 0 Å². The molecule has 0 aromatic carbocycles. The fourth-order valence-corrected chi connectivity index (χ4v) is 1.75. The lowest BCUT2D eigenvalue weighted by Crippen LogP contribution is -2.01. The Morgan fingerprint density at radius 2 is 1.38 bits per heavy atom. The quantitative estimate of drug-likeness (QED) is 0.317. The SMILES string of the molecule is CCCCC#CC(=O)CCCC.CCCCC#CC(O)CCCC. The van der Waals surface area contributed by atoms with Crippen LogP contribution in [0.4, 0.5) is 0 Å². The molecule has 0 saturated heterocycles. The molecule has 1 N–H and O–H groups in total. The minimum absolute atomic E-state index is 0.105. The molecule has 0 bridgehead atoms. The van der Waals surface area contributed by atoms with Crippen molar-refractivity contribution in [2.45, 2.75) is 111 Å². The summed E-state index contributed by atoms with van der Waals surface area (Å²) in [6.45, 7) is 8.48. The van der Waals surface area contributed by atoms with Crippen LogP contribution in [-0.4, -0.2) is 17.0 Å². The van der Waals surface area contributed by atoms with Crippen molar-refractivity contribution in [3.05, 3.63) is 0 Å². The number of unbranched alkanes of at least 4 members (excludes halogenated alkanes) is 6. The Kier molecular flexibility index (Phi) is 22.7. The van der Waals surface area contributed by atoms with Crippen LogP contribution in [0.3, 0.4) is 0 Å². The number of ketones is 1. The van der Waals surface area contributed by atoms with Gasteiger partial charge in [-0.1, -0.05) is 71.6 Å². The Balaban J connectivity index is 0. The molecule has 0 aliphatic rings. The van der Waals surface area contributed by atoms with Crippen molar-refractivity contribution in [2.24, 2.45) is 0 Å². The summed E-state index contributed by atoms with van der Waals surface area (Å²) >= 11 is 0. The van der Waals surface area contributed by atoms with Crippen LogP contribution in [0.1, 0.15) is 105 Å². The highest BCUT2D eigenvalue weighted by Crippen LogP contribution is 1.99. The summed E-state index contributed by atoms with van der Waals surface area (Å²) in [7, 11) is 0. The van der Waals surface area contributed by atoms with Crippen molar-refractivity contribution in [2.75, 3.05) is 0 Å². The second kappa shape index (κ2) is 21.8. The second-order valence-electron chi connectivity index (χ2n) is 6.01. The molecule has 1 unspecified atom stereocenters. The van der Waals surface area contributed by atoms with Gasteiger partial charge in [0, 0.05) is 19.3 Å². The van der Waals surface area contributed by atoms with E-state index in [-0.39, 0.29) is 11.9 Å². The Labute approximate surface area is 150 Å². The van der Waals surface area contributed by atoms with E-state index in [1.807, 2.05) is 0 Å². The first kappa shape index (κ1) is 25.0. The molecule has 24 heavy (non-hydrogen) atoms. The van der Waals surface area contributed by atoms with Crippen molar-refractivity contribution in [1.29, 1.82) is 0 Å². The molecule has 0 radical (unpaired) electrons. The summed E-state index contributed by atoms with van der Waals surface area (Å²) in [5, 5.41) is 9.31. The van der Waals surface area contributed by atoms with E-state index in [0.29, 0.717) is 6.42 Å². The first-order chi connectivity index (χ1) is 11.6. The average molecular weight is 335 g/mol. The van der Waals surface area contributed by atoms with Gasteiger partial charge in [-0.3, -0.25) is 4.79 Å². The lowest BCUT2D eigenvalue weighted by molar-refractivity contribution is -0.113. The summed E-state index contributed by atoms with van der Waals surface area (Å²) in [5.41, 5.74) is 0. The van der Waals surface area contributed by atoms with Gasteiger partial charge < -0.3 is 5.11 Å². The van der Waals surface area contributed by atoms with Crippen molar-refractivity contribution in [1.82, 2.24) is 0 Å². The van der Waals surface area contributed by atoms with Crippen LogP contribution in [0.25, 0.3) is 0 Å². The molecule has 0 aromatic heterocycles. The normalized spacial score (nSPS) is 10.4. The highest BCUT2D eigenvalue weighted by molar-refractivity contribution is 5.95. The number of carbonyl (C=O) groups is 1. The molecule has 0 saturated carbocycles. The minimum Gasteiger partial charge on any atom is -0.380 e. The van der Waals surface area contributed by atoms with Crippen molar-refractivity contribution < 1.29 is 9.90 Å². The Morgan fingerprint density at radius 3 is 1.92 bits per heavy atom. The van der Waals surface area contributed by atoms with Crippen LogP contribution >= 0.6 is 0 Å². The van der Waals surface area contributed by atoms with Crippen molar-refractivity contribution in [3.63, 3.8) is 0 Å². The maximum atomic E-state index is 11.0. The number of hydrogen-bond donors (Lipinski definition) is 1. The zero-order valence-electron chi connectivity index (χ0n) is 16.4. The van der Waals surface area contributed by atoms with E-state index in [1.165, 1.54) is 6.42 Å². The van der Waals surface area contributed by atoms with E-state index in [2.05, 4.69) is 51.4 Å². The fraction of sp³-hybridized carbons (Fsp3) is 0.773. The minimum atomic E-state index is -0.387. The molecule has 0 heterocycles.